The van der Waals surface area contributed by atoms with Gasteiger partial charge >= 0.3 is 0 Å². The second kappa shape index (κ2) is 5.75. The third-order valence-corrected chi connectivity index (χ3v) is 3.03. The van der Waals surface area contributed by atoms with E-state index >= 15 is 0 Å². The number of hydrogen-bond acceptors (Lipinski definition) is 4. The van der Waals surface area contributed by atoms with Crippen molar-refractivity contribution in [2.24, 2.45) is 0 Å². The van der Waals surface area contributed by atoms with Gasteiger partial charge in [0.2, 0.25) is 0 Å². The second-order valence-electron chi connectivity index (χ2n) is 6.30. The zero-order valence-electron chi connectivity index (χ0n) is 13.0. The number of nitrogens with zero attached hydrogens (tertiary/aromatic N) is 5. The highest BCUT2D eigenvalue weighted by atomic mass is 15.4. The van der Waals surface area contributed by atoms with Crippen molar-refractivity contribution in [3.63, 3.8) is 0 Å². The summed E-state index contributed by atoms with van der Waals surface area (Å²) in [7, 11) is 0. The highest BCUT2D eigenvalue weighted by Gasteiger charge is 2.13. The van der Waals surface area contributed by atoms with Crippen molar-refractivity contribution >= 4 is 0 Å². The molecule has 1 N–H and O–H groups in total. The molecule has 2 aromatic heterocycles. The highest BCUT2D eigenvalue weighted by Crippen LogP contribution is 2.09. The lowest BCUT2D eigenvalue weighted by molar-refractivity contribution is 0.411. The number of hydrogen-bond donors (Lipinski definition) is 1. The molecule has 0 amide bonds. The van der Waals surface area contributed by atoms with Crippen LogP contribution in [0.4, 0.5) is 0 Å². The molecule has 0 saturated heterocycles. The molecule has 2 aromatic rings. The molecule has 0 bridgehead atoms. The van der Waals surface area contributed by atoms with E-state index in [9.17, 15) is 0 Å². The largest absolute Gasteiger partial charge is 0.306 e. The Bertz CT molecular complexity index is 546. The van der Waals surface area contributed by atoms with Crippen LogP contribution in [0.25, 0.3) is 0 Å². The van der Waals surface area contributed by atoms with E-state index in [1.807, 2.05) is 21.6 Å². The van der Waals surface area contributed by atoms with Gasteiger partial charge in [0, 0.05) is 24.3 Å². The van der Waals surface area contributed by atoms with E-state index in [4.69, 9.17) is 0 Å². The summed E-state index contributed by atoms with van der Waals surface area (Å²) in [4.78, 5) is 4.33. The quantitative estimate of drug-likeness (QED) is 0.907. The summed E-state index contributed by atoms with van der Waals surface area (Å²) in [6, 6.07) is 2.34. The Morgan fingerprint density at radius 1 is 1.25 bits per heavy atom. The molecule has 0 atom stereocenters. The van der Waals surface area contributed by atoms with Gasteiger partial charge in [0.1, 0.15) is 18.7 Å². The molecule has 0 spiro atoms. The monoisotopic (exact) mass is 276 g/mol. The van der Waals surface area contributed by atoms with Gasteiger partial charge in [0.25, 0.3) is 0 Å². The Balaban J connectivity index is 2.10. The van der Waals surface area contributed by atoms with Gasteiger partial charge in [0.05, 0.1) is 5.69 Å². The molecule has 0 saturated carbocycles. The lowest BCUT2D eigenvalue weighted by Crippen LogP contribution is -2.35. The summed E-state index contributed by atoms with van der Waals surface area (Å²) >= 11 is 0. The van der Waals surface area contributed by atoms with Gasteiger partial charge in [-0.05, 0) is 40.7 Å². The van der Waals surface area contributed by atoms with Crippen molar-refractivity contribution in [1.82, 2.24) is 29.9 Å². The molecule has 0 aliphatic carbocycles. The van der Waals surface area contributed by atoms with E-state index in [1.165, 1.54) is 0 Å². The topological polar surface area (TPSA) is 60.6 Å². The van der Waals surface area contributed by atoms with Crippen molar-refractivity contribution in [1.29, 1.82) is 0 Å². The van der Waals surface area contributed by atoms with Gasteiger partial charge in [-0.1, -0.05) is 0 Å². The van der Waals surface area contributed by atoms with Crippen LogP contribution in [-0.4, -0.2) is 30.1 Å². The van der Waals surface area contributed by atoms with Crippen molar-refractivity contribution in [3.05, 3.63) is 30.1 Å². The van der Waals surface area contributed by atoms with Gasteiger partial charge < -0.3 is 5.32 Å². The zero-order valence-corrected chi connectivity index (χ0v) is 13.0. The predicted molar refractivity (Wildman–Crippen MR) is 78.3 cm³/mol. The molecule has 2 heterocycles. The molecule has 0 aromatic carbocycles. The van der Waals surface area contributed by atoms with Gasteiger partial charge in [-0.25, -0.2) is 9.67 Å². The van der Waals surface area contributed by atoms with Crippen molar-refractivity contribution < 1.29 is 0 Å². The van der Waals surface area contributed by atoms with Crippen molar-refractivity contribution in [2.45, 2.75) is 59.3 Å². The summed E-state index contributed by atoms with van der Waals surface area (Å²) in [5.74, 6) is 0.931. The van der Waals surface area contributed by atoms with Crippen LogP contribution in [0.2, 0.25) is 0 Å². The maximum atomic E-state index is 4.39. The molecule has 6 heteroatoms. The maximum Gasteiger partial charge on any atom is 0.148 e. The minimum atomic E-state index is 0.0903. The molecule has 20 heavy (non-hydrogen) atoms. The van der Waals surface area contributed by atoms with Crippen LogP contribution >= 0.6 is 0 Å². The maximum absolute atomic E-state index is 4.39. The summed E-state index contributed by atoms with van der Waals surface area (Å²) in [5, 5.41) is 12.1. The lowest BCUT2D eigenvalue weighted by Gasteiger charge is -2.20. The SMILES string of the molecule is CC(C)n1ncnc1Cn1nccc1CNC(C)(C)C. The summed E-state index contributed by atoms with van der Waals surface area (Å²) < 4.78 is 3.91. The zero-order chi connectivity index (χ0) is 14.8. The van der Waals surface area contributed by atoms with Crippen LogP contribution in [0.1, 0.15) is 52.2 Å². The van der Waals surface area contributed by atoms with E-state index in [2.05, 4.69) is 55.1 Å². The Kier molecular flexibility index (Phi) is 4.23. The minimum Gasteiger partial charge on any atom is -0.306 e. The standard InChI is InChI=1S/C14H24N6/c1-11(2)20-13(15-10-18-20)9-19-12(6-7-17-19)8-16-14(3,4)5/h6-7,10-11,16H,8-9H2,1-5H3. The fourth-order valence-corrected chi connectivity index (χ4v) is 1.96. The van der Waals surface area contributed by atoms with Gasteiger partial charge in [0.15, 0.2) is 0 Å². The fourth-order valence-electron chi connectivity index (χ4n) is 1.96. The van der Waals surface area contributed by atoms with Crippen molar-refractivity contribution in [3.8, 4) is 0 Å². The van der Waals surface area contributed by atoms with Crippen LogP contribution in [0, 0.1) is 0 Å². The molecule has 0 aliphatic heterocycles. The van der Waals surface area contributed by atoms with Crippen LogP contribution in [0.5, 0.6) is 0 Å². The average molecular weight is 276 g/mol. The smallest absolute Gasteiger partial charge is 0.148 e. The number of aromatic nitrogens is 5. The predicted octanol–water partition coefficient (Wildman–Crippen LogP) is 1.99. The molecule has 0 aliphatic rings. The Morgan fingerprint density at radius 3 is 2.65 bits per heavy atom. The normalized spacial score (nSPS) is 12.3. The van der Waals surface area contributed by atoms with Gasteiger partial charge in [-0.3, -0.25) is 4.68 Å². The van der Waals surface area contributed by atoms with E-state index in [-0.39, 0.29) is 5.54 Å². The first-order valence-corrected chi connectivity index (χ1v) is 7.01. The Hall–Kier alpha value is -1.69. The Labute approximate surface area is 120 Å². The third kappa shape index (κ3) is 3.66. The average Bonchev–Trinajstić information content (AvgIpc) is 2.95. The van der Waals surface area contributed by atoms with E-state index < -0.39 is 0 Å². The van der Waals surface area contributed by atoms with Crippen LogP contribution < -0.4 is 5.32 Å². The van der Waals surface area contributed by atoms with Gasteiger partial charge in [-0.15, -0.1) is 0 Å². The number of rotatable bonds is 5. The van der Waals surface area contributed by atoms with E-state index in [1.54, 1.807) is 6.33 Å². The molecule has 2 rings (SSSR count). The molecule has 110 valence electrons. The molecule has 6 nitrogen and oxygen atoms in total. The molecular weight excluding hydrogens is 252 g/mol. The third-order valence-electron chi connectivity index (χ3n) is 3.03. The fraction of sp³-hybridized carbons (Fsp3) is 0.643. The summed E-state index contributed by atoms with van der Waals surface area (Å²) in [6.45, 7) is 12.1. The summed E-state index contributed by atoms with van der Waals surface area (Å²) in [5.41, 5.74) is 1.24. The first-order chi connectivity index (χ1) is 9.37. The first kappa shape index (κ1) is 14.7. The highest BCUT2D eigenvalue weighted by molar-refractivity contribution is 5.03. The minimum absolute atomic E-state index is 0.0903. The van der Waals surface area contributed by atoms with Gasteiger partial charge in [-0.2, -0.15) is 10.2 Å². The van der Waals surface area contributed by atoms with Crippen LogP contribution in [0.15, 0.2) is 18.6 Å². The van der Waals surface area contributed by atoms with E-state index in [0.717, 1.165) is 18.1 Å². The molecule has 0 radical (unpaired) electrons. The summed E-state index contributed by atoms with van der Waals surface area (Å²) in [6.07, 6.45) is 3.43. The molecule has 0 fully saturated rings. The van der Waals surface area contributed by atoms with Crippen molar-refractivity contribution in [2.75, 3.05) is 0 Å². The van der Waals surface area contributed by atoms with E-state index in [0.29, 0.717) is 12.6 Å². The second-order valence-corrected chi connectivity index (χ2v) is 6.30. The Morgan fingerprint density at radius 2 is 2.00 bits per heavy atom. The first-order valence-electron chi connectivity index (χ1n) is 7.01. The molecular formula is C14H24N6. The lowest BCUT2D eigenvalue weighted by atomic mass is 10.1. The number of nitrogens with one attached hydrogen (secondary N) is 1. The van der Waals surface area contributed by atoms with Crippen LogP contribution in [0.3, 0.4) is 0 Å². The van der Waals surface area contributed by atoms with Crippen LogP contribution in [-0.2, 0) is 13.1 Å². The molecule has 0 unspecified atom stereocenters.